The molecule has 0 radical (unpaired) electrons. The molecule has 1 rings (SSSR count). The number of hydrogen-bond acceptors (Lipinski definition) is 3. The van der Waals surface area contributed by atoms with Crippen LogP contribution in [-0.2, 0) is 11.3 Å². The number of aromatic carboxylic acids is 1. The average Bonchev–Trinajstić information content (AvgIpc) is 2.31. The third-order valence-corrected chi connectivity index (χ3v) is 2.23. The van der Waals surface area contributed by atoms with Crippen LogP contribution in [0.1, 0.15) is 36.2 Å². The maximum atomic E-state index is 11.1. The molecule has 0 spiro atoms. The zero-order valence-corrected chi connectivity index (χ0v) is 10.2. The van der Waals surface area contributed by atoms with Crippen molar-refractivity contribution in [2.75, 3.05) is 13.2 Å². The quantitative estimate of drug-likeness (QED) is 0.742. The summed E-state index contributed by atoms with van der Waals surface area (Å²) >= 11 is 0. The van der Waals surface area contributed by atoms with E-state index in [4.69, 9.17) is 14.6 Å². The minimum Gasteiger partial charge on any atom is -0.494 e. The molecule has 0 unspecified atom stereocenters. The van der Waals surface area contributed by atoms with Crippen molar-refractivity contribution >= 4 is 5.97 Å². The lowest BCUT2D eigenvalue weighted by Crippen LogP contribution is -2.05. The topological polar surface area (TPSA) is 55.8 Å². The Balaban J connectivity index is 2.84. The van der Waals surface area contributed by atoms with E-state index in [9.17, 15) is 4.79 Å². The van der Waals surface area contributed by atoms with Gasteiger partial charge in [0.25, 0.3) is 0 Å². The second-order valence-corrected chi connectivity index (χ2v) is 3.61. The smallest absolute Gasteiger partial charge is 0.336 e. The van der Waals surface area contributed by atoms with Crippen molar-refractivity contribution in [3.05, 3.63) is 29.3 Å². The van der Waals surface area contributed by atoms with Crippen LogP contribution in [0.2, 0.25) is 0 Å². The molecule has 94 valence electrons. The van der Waals surface area contributed by atoms with Gasteiger partial charge in [-0.25, -0.2) is 4.79 Å². The van der Waals surface area contributed by atoms with E-state index < -0.39 is 5.97 Å². The minimum absolute atomic E-state index is 0.243. The maximum absolute atomic E-state index is 11.1. The molecule has 0 bridgehead atoms. The summed E-state index contributed by atoms with van der Waals surface area (Å²) in [4.78, 5) is 11.1. The van der Waals surface area contributed by atoms with E-state index in [1.807, 2.05) is 13.8 Å². The van der Waals surface area contributed by atoms with Crippen LogP contribution >= 0.6 is 0 Å². The van der Waals surface area contributed by atoms with Crippen LogP contribution in [0.5, 0.6) is 5.75 Å². The Morgan fingerprint density at radius 1 is 1.35 bits per heavy atom. The first-order valence-corrected chi connectivity index (χ1v) is 5.75. The molecule has 4 heteroatoms. The number of benzene rings is 1. The normalized spacial score (nSPS) is 10.2. The molecule has 0 aliphatic rings. The van der Waals surface area contributed by atoms with Gasteiger partial charge in [0.1, 0.15) is 5.75 Å². The van der Waals surface area contributed by atoms with Crippen LogP contribution in [0.3, 0.4) is 0 Å². The Bertz CT molecular complexity index is 374. The zero-order chi connectivity index (χ0) is 12.7. The lowest BCUT2D eigenvalue weighted by Gasteiger charge is -2.09. The first kappa shape index (κ1) is 13.5. The predicted octanol–water partition coefficient (Wildman–Crippen LogP) is 2.71. The van der Waals surface area contributed by atoms with E-state index in [1.165, 1.54) is 6.07 Å². The number of rotatable bonds is 7. The van der Waals surface area contributed by atoms with Gasteiger partial charge in [-0.1, -0.05) is 13.0 Å². The molecule has 0 saturated heterocycles. The predicted molar refractivity (Wildman–Crippen MR) is 64.5 cm³/mol. The molecule has 0 aliphatic carbocycles. The molecule has 17 heavy (non-hydrogen) atoms. The van der Waals surface area contributed by atoms with Crippen LogP contribution in [-0.4, -0.2) is 24.3 Å². The Morgan fingerprint density at radius 2 is 2.12 bits per heavy atom. The highest BCUT2D eigenvalue weighted by Crippen LogP contribution is 2.19. The highest BCUT2D eigenvalue weighted by Gasteiger charge is 2.11. The van der Waals surface area contributed by atoms with Gasteiger partial charge < -0.3 is 14.6 Å². The SMILES string of the molecule is CCCOCc1ccc(OCC)cc1C(=O)O. The second kappa shape index (κ2) is 6.91. The molecule has 0 aliphatic heterocycles. The minimum atomic E-state index is -0.957. The highest BCUT2D eigenvalue weighted by molar-refractivity contribution is 5.89. The lowest BCUT2D eigenvalue weighted by atomic mass is 10.1. The van der Waals surface area contributed by atoms with Gasteiger partial charge in [-0.2, -0.15) is 0 Å². The molecule has 4 nitrogen and oxygen atoms in total. The van der Waals surface area contributed by atoms with E-state index in [-0.39, 0.29) is 5.56 Å². The maximum Gasteiger partial charge on any atom is 0.336 e. The molecule has 1 aromatic carbocycles. The molecule has 0 aromatic heterocycles. The number of hydrogen-bond donors (Lipinski definition) is 1. The lowest BCUT2D eigenvalue weighted by molar-refractivity contribution is 0.0686. The Kier molecular flexibility index (Phi) is 5.49. The van der Waals surface area contributed by atoms with Gasteiger partial charge in [-0.3, -0.25) is 0 Å². The van der Waals surface area contributed by atoms with E-state index >= 15 is 0 Å². The summed E-state index contributed by atoms with van der Waals surface area (Å²) in [5.74, 6) is -0.384. The fourth-order valence-corrected chi connectivity index (χ4v) is 1.46. The number of ether oxygens (including phenoxy) is 2. The van der Waals surface area contributed by atoms with Crippen molar-refractivity contribution in [1.29, 1.82) is 0 Å². The van der Waals surface area contributed by atoms with Crippen molar-refractivity contribution in [3.8, 4) is 5.75 Å². The summed E-state index contributed by atoms with van der Waals surface area (Å²) in [6.07, 6.45) is 0.916. The fourth-order valence-electron chi connectivity index (χ4n) is 1.46. The monoisotopic (exact) mass is 238 g/mol. The molecule has 0 atom stereocenters. The number of carboxylic acids is 1. The van der Waals surface area contributed by atoms with Crippen molar-refractivity contribution in [1.82, 2.24) is 0 Å². The summed E-state index contributed by atoms with van der Waals surface area (Å²) in [5.41, 5.74) is 0.918. The summed E-state index contributed by atoms with van der Waals surface area (Å²) in [5, 5.41) is 9.10. The van der Waals surface area contributed by atoms with Crippen molar-refractivity contribution < 1.29 is 19.4 Å². The van der Waals surface area contributed by atoms with Gasteiger partial charge in [0.2, 0.25) is 0 Å². The van der Waals surface area contributed by atoms with E-state index in [0.717, 1.165) is 6.42 Å². The third-order valence-electron chi connectivity index (χ3n) is 2.23. The number of carboxylic acid groups (broad SMARTS) is 1. The first-order chi connectivity index (χ1) is 8.19. The Hall–Kier alpha value is -1.55. The van der Waals surface area contributed by atoms with Gasteiger partial charge >= 0.3 is 5.97 Å². The molecule has 0 heterocycles. The highest BCUT2D eigenvalue weighted by atomic mass is 16.5. The second-order valence-electron chi connectivity index (χ2n) is 3.61. The van der Waals surface area contributed by atoms with Gasteiger partial charge in [0.05, 0.1) is 18.8 Å². The van der Waals surface area contributed by atoms with E-state index in [0.29, 0.717) is 31.1 Å². The van der Waals surface area contributed by atoms with Gasteiger partial charge in [-0.05, 0) is 31.0 Å². The van der Waals surface area contributed by atoms with Crippen LogP contribution in [0, 0.1) is 0 Å². The van der Waals surface area contributed by atoms with Crippen LogP contribution in [0.25, 0.3) is 0 Å². The number of carbonyl (C=O) groups is 1. The Labute approximate surface area is 101 Å². The first-order valence-electron chi connectivity index (χ1n) is 5.75. The summed E-state index contributed by atoms with van der Waals surface area (Å²) in [6, 6.07) is 5.04. The van der Waals surface area contributed by atoms with Gasteiger partial charge in [-0.15, -0.1) is 0 Å². The summed E-state index contributed by atoms with van der Waals surface area (Å²) in [6.45, 7) is 5.34. The van der Waals surface area contributed by atoms with Crippen molar-refractivity contribution in [2.24, 2.45) is 0 Å². The van der Waals surface area contributed by atoms with Crippen LogP contribution in [0.15, 0.2) is 18.2 Å². The fraction of sp³-hybridized carbons (Fsp3) is 0.462. The van der Waals surface area contributed by atoms with Gasteiger partial charge in [0.15, 0.2) is 0 Å². The molecule has 0 fully saturated rings. The summed E-state index contributed by atoms with van der Waals surface area (Å²) < 4.78 is 10.6. The largest absolute Gasteiger partial charge is 0.494 e. The molecular formula is C13H18O4. The zero-order valence-electron chi connectivity index (χ0n) is 10.2. The molecule has 1 N–H and O–H groups in total. The van der Waals surface area contributed by atoms with Gasteiger partial charge in [0, 0.05) is 6.61 Å². The molecule has 0 saturated carbocycles. The molecular weight excluding hydrogens is 220 g/mol. The van der Waals surface area contributed by atoms with E-state index in [1.54, 1.807) is 12.1 Å². The van der Waals surface area contributed by atoms with Crippen molar-refractivity contribution in [3.63, 3.8) is 0 Å². The molecule has 0 amide bonds. The van der Waals surface area contributed by atoms with Crippen LogP contribution in [0.4, 0.5) is 0 Å². The summed E-state index contributed by atoms with van der Waals surface area (Å²) in [7, 11) is 0. The third kappa shape index (κ3) is 4.07. The molecule has 1 aromatic rings. The van der Waals surface area contributed by atoms with Crippen LogP contribution < -0.4 is 4.74 Å². The van der Waals surface area contributed by atoms with E-state index in [2.05, 4.69) is 0 Å². The van der Waals surface area contributed by atoms with Crippen molar-refractivity contribution in [2.45, 2.75) is 26.9 Å². The Morgan fingerprint density at radius 3 is 2.71 bits per heavy atom. The standard InChI is InChI=1S/C13H18O4/c1-3-7-16-9-10-5-6-11(17-4-2)8-12(10)13(14)15/h5-6,8H,3-4,7,9H2,1-2H3,(H,14,15). The average molecular weight is 238 g/mol.